The van der Waals surface area contributed by atoms with Gasteiger partial charge in [0.1, 0.15) is 11.4 Å². The van der Waals surface area contributed by atoms with Crippen LogP contribution in [0.2, 0.25) is 0 Å². The molecule has 1 aromatic rings. The zero-order valence-corrected chi connectivity index (χ0v) is 10.6. The maximum absolute atomic E-state index is 8.98. The molecule has 3 nitrogen and oxygen atoms in total. The van der Waals surface area contributed by atoms with E-state index in [-0.39, 0.29) is 18.2 Å². The Kier molecular flexibility index (Phi) is 3.40. The van der Waals surface area contributed by atoms with Gasteiger partial charge in [0.25, 0.3) is 0 Å². The number of ether oxygens (including phenoxy) is 1. The second-order valence-corrected chi connectivity index (χ2v) is 5.32. The Balaban J connectivity index is 2.35. The first-order valence-electron chi connectivity index (χ1n) is 6.21. The molecule has 0 spiro atoms. The molecule has 1 unspecified atom stereocenters. The normalized spacial score (nSPS) is 19.3. The van der Waals surface area contributed by atoms with Gasteiger partial charge in [0.2, 0.25) is 0 Å². The maximum atomic E-state index is 8.98. The van der Waals surface area contributed by atoms with E-state index in [0.29, 0.717) is 6.42 Å². The molecule has 0 aromatic heterocycles. The van der Waals surface area contributed by atoms with Gasteiger partial charge >= 0.3 is 0 Å². The molecule has 0 saturated carbocycles. The fraction of sp³-hybridized carbons (Fsp3) is 0.571. The molecule has 1 heterocycles. The third kappa shape index (κ3) is 2.61. The summed E-state index contributed by atoms with van der Waals surface area (Å²) < 4.78 is 6.06. The molecule has 1 atom stereocenters. The van der Waals surface area contributed by atoms with Gasteiger partial charge in [0, 0.05) is 18.2 Å². The molecule has 94 valence electrons. The number of rotatable bonds is 3. The van der Waals surface area contributed by atoms with Crippen LogP contribution in [-0.2, 0) is 6.42 Å². The Morgan fingerprint density at radius 1 is 1.47 bits per heavy atom. The molecule has 1 aliphatic heterocycles. The fourth-order valence-electron chi connectivity index (χ4n) is 2.28. The highest BCUT2D eigenvalue weighted by Crippen LogP contribution is 2.38. The number of nitrogens with two attached hydrogens (primary N) is 1. The summed E-state index contributed by atoms with van der Waals surface area (Å²) in [7, 11) is 0. The third-order valence-corrected chi connectivity index (χ3v) is 3.34. The number of aliphatic hydroxyl groups is 1. The topological polar surface area (TPSA) is 55.5 Å². The Morgan fingerprint density at radius 3 is 2.94 bits per heavy atom. The van der Waals surface area contributed by atoms with Gasteiger partial charge in [-0.15, -0.1) is 0 Å². The number of para-hydroxylation sites is 1. The van der Waals surface area contributed by atoms with Crippen molar-refractivity contribution in [3.8, 4) is 5.75 Å². The van der Waals surface area contributed by atoms with E-state index in [1.165, 1.54) is 5.56 Å². The zero-order chi connectivity index (χ0) is 12.5. The van der Waals surface area contributed by atoms with Gasteiger partial charge in [-0.05, 0) is 38.7 Å². The number of aliphatic hydroxyl groups excluding tert-OH is 1. The van der Waals surface area contributed by atoms with E-state index in [4.69, 9.17) is 15.6 Å². The first-order valence-corrected chi connectivity index (χ1v) is 6.21. The fourth-order valence-corrected chi connectivity index (χ4v) is 2.28. The van der Waals surface area contributed by atoms with Crippen molar-refractivity contribution < 1.29 is 9.84 Å². The molecule has 0 radical (unpaired) electrons. The van der Waals surface area contributed by atoms with Crippen molar-refractivity contribution >= 4 is 0 Å². The largest absolute Gasteiger partial charge is 0.487 e. The number of hydrogen-bond donors (Lipinski definition) is 2. The molecular formula is C14H21NO2. The number of hydrogen-bond acceptors (Lipinski definition) is 3. The van der Waals surface area contributed by atoms with E-state index in [0.717, 1.165) is 24.2 Å². The molecular weight excluding hydrogens is 214 g/mol. The zero-order valence-electron chi connectivity index (χ0n) is 10.6. The molecule has 0 saturated heterocycles. The molecule has 1 aromatic carbocycles. The summed E-state index contributed by atoms with van der Waals surface area (Å²) in [5.74, 6) is 0.935. The SMILES string of the molecule is CC1(C)CCc2cccc(C(N)CCO)c2O1. The summed E-state index contributed by atoms with van der Waals surface area (Å²) in [4.78, 5) is 0. The van der Waals surface area contributed by atoms with Gasteiger partial charge in [-0.1, -0.05) is 18.2 Å². The highest BCUT2D eigenvalue weighted by atomic mass is 16.5. The molecule has 2 rings (SSSR count). The average Bonchev–Trinajstić information content (AvgIpc) is 2.27. The summed E-state index contributed by atoms with van der Waals surface area (Å²) in [6, 6.07) is 5.97. The van der Waals surface area contributed by atoms with E-state index in [1.54, 1.807) is 0 Å². The van der Waals surface area contributed by atoms with Crippen molar-refractivity contribution in [1.29, 1.82) is 0 Å². The molecule has 1 aliphatic rings. The summed E-state index contributed by atoms with van der Waals surface area (Å²) in [5.41, 5.74) is 8.20. The first kappa shape index (κ1) is 12.4. The standard InChI is InChI=1S/C14H21NO2/c1-14(2)8-6-10-4-3-5-11(13(10)17-14)12(15)7-9-16/h3-5,12,16H,6-9,15H2,1-2H3. The van der Waals surface area contributed by atoms with Crippen LogP contribution in [0.15, 0.2) is 18.2 Å². The van der Waals surface area contributed by atoms with Crippen LogP contribution in [0.3, 0.4) is 0 Å². The van der Waals surface area contributed by atoms with E-state index in [2.05, 4.69) is 19.9 Å². The number of benzene rings is 1. The lowest BCUT2D eigenvalue weighted by atomic mass is 9.91. The van der Waals surface area contributed by atoms with E-state index in [9.17, 15) is 0 Å². The van der Waals surface area contributed by atoms with Crippen LogP contribution < -0.4 is 10.5 Å². The molecule has 0 fully saturated rings. The highest BCUT2D eigenvalue weighted by Gasteiger charge is 2.29. The lowest BCUT2D eigenvalue weighted by Gasteiger charge is -2.34. The van der Waals surface area contributed by atoms with Crippen LogP contribution in [0.5, 0.6) is 5.75 Å². The predicted octanol–water partition coefficient (Wildman–Crippen LogP) is 2.17. The van der Waals surface area contributed by atoms with Gasteiger partial charge in [-0.2, -0.15) is 0 Å². The van der Waals surface area contributed by atoms with Crippen molar-refractivity contribution in [2.45, 2.75) is 44.8 Å². The summed E-state index contributed by atoms with van der Waals surface area (Å²) >= 11 is 0. The third-order valence-electron chi connectivity index (χ3n) is 3.34. The van der Waals surface area contributed by atoms with Gasteiger partial charge in [-0.25, -0.2) is 0 Å². The van der Waals surface area contributed by atoms with Gasteiger partial charge in [0.15, 0.2) is 0 Å². The molecule has 17 heavy (non-hydrogen) atoms. The predicted molar refractivity (Wildman–Crippen MR) is 68.1 cm³/mol. The van der Waals surface area contributed by atoms with Crippen molar-refractivity contribution in [2.75, 3.05) is 6.61 Å². The Labute approximate surface area is 103 Å². The average molecular weight is 235 g/mol. The van der Waals surface area contributed by atoms with Gasteiger partial charge < -0.3 is 15.6 Å². The molecule has 0 amide bonds. The minimum Gasteiger partial charge on any atom is -0.487 e. The van der Waals surface area contributed by atoms with Crippen LogP contribution in [0.25, 0.3) is 0 Å². The molecule has 0 aliphatic carbocycles. The maximum Gasteiger partial charge on any atom is 0.128 e. The Hall–Kier alpha value is -1.06. The molecule has 3 N–H and O–H groups in total. The number of fused-ring (bicyclic) bond motifs is 1. The van der Waals surface area contributed by atoms with E-state index in [1.807, 2.05) is 12.1 Å². The van der Waals surface area contributed by atoms with Crippen LogP contribution >= 0.6 is 0 Å². The van der Waals surface area contributed by atoms with Gasteiger partial charge in [0.05, 0.1) is 0 Å². The Bertz CT molecular complexity index is 401. The van der Waals surface area contributed by atoms with Crippen molar-refractivity contribution in [3.05, 3.63) is 29.3 Å². The smallest absolute Gasteiger partial charge is 0.128 e. The lowest BCUT2D eigenvalue weighted by Crippen LogP contribution is -2.33. The quantitative estimate of drug-likeness (QED) is 0.844. The van der Waals surface area contributed by atoms with Crippen LogP contribution in [-0.4, -0.2) is 17.3 Å². The Morgan fingerprint density at radius 2 is 2.24 bits per heavy atom. The second kappa shape index (κ2) is 4.67. The first-order chi connectivity index (χ1) is 8.03. The van der Waals surface area contributed by atoms with Crippen LogP contribution in [0.1, 0.15) is 43.9 Å². The van der Waals surface area contributed by atoms with Crippen molar-refractivity contribution in [3.63, 3.8) is 0 Å². The number of aryl methyl sites for hydroxylation is 1. The lowest BCUT2D eigenvalue weighted by molar-refractivity contribution is 0.0825. The summed E-state index contributed by atoms with van der Waals surface area (Å²) in [5, 5.41) is 8.98. The minimum absolute atomic E-state index is 0.105. The summed E-state index contributed by atoms with van der Waals surface area (Å²) in [6.45, 7) is 4.31. The highest BCUT2D eigenvalue weighted by molar-refractivity contribution is 5.45. The summed E-state index contributed by atoms with van der Waals surface area (Å²) in [6.07, 6.45) is 2.63. The van der Waals surface area contributed by atoms with E-state index < -0.39 is 0 Å². The minimum atomic E-state index is -0.149. The second-order valence-electron chi connectivity index (χ2n) is 5.32. The monoisotopic (exact) mass is 235 g/mol. The van der Waals surface area contributed by atoms with Crippen molar-refractivity contribution in [2.24, 2.45) is 5.73 Å². The van der Waals surface area contributed by atoms with E-state index >= 15 is 0 Å². The van der Waals surface area contributed by atoms with Gasteiger partial charge in [-0.3, -0.25) is 0 Å². The molecule has 3 heteroatoms. The van der Waals surface area contributed by atoms with Crippen LogP contribution in [0, 0.1) is 0 Å². The van der Waals surface area contributed by atoms with Crippen molar-refractivity contribution in [1.82, 2.24) is 0 Å². The molecule has 0 bridgehead atoms. The van der Waals surface area contributed by atoms with Crippen LogP contribution in [0.4, 0.5) is 0 Å².